The number of halogens is 1. The minimum Gasteiger partial charge on any atom is -0.355 e. The Bertz CT molecular complexity index is 1420. The topological polar surface area (TPSA) is 132 Å². The van der Waals surface area contributed by atoms with Crippen molar-refractivity contribution in [3.05, 3.63) is 45.7 Å². The number of amides is 1. The van der Waals surface area contributed by atoms with Crippen LogP contribution in [0.2, 0.25) is 5.02 Å². The zero-order valence-electron chi connectivity index (χ0n) is 18.8. The summed E-state index contributed by atoms with van der Waals surface area (Å²) in [4.78, 5) is 40.1. The van der Waals surface area contributed by atoms with Crippen LogP contribution in [0.15, 0.2) is 33.8 Å². The summed E-state index contributed by atoms with van der Waals surface area (Å²) >= 11 is 6.37. The summed E-state index contributed by atoms with van der Waals surface area (Å²) in [5, 5.41) is 6.73. The highest BCUT2D eigenvalue weighted by Gasteiger charge is 2.23. The fourth-order valence-corrected chi connectivity index (χ4v) is 4.78. The second-order valence-electron chi connectivity index (χ2n) is 8.84. The van der Waals surface area contributed by atoms with Crippen molar-refractivity contribution in [3.63, 3.8) is 0 Å². The van der Waals surface area contributed by atoms with Crippen LogP contribution in [-0.2, 0) is 6.54 Å². The molecule has 0 saturated heterocycles. The minimum absolute atomic E-state index is 0.0949. The van der Waals surface area contributed by atoms with E-state index in [-0.39, 0.29) is 17.6 Å². The molecule has 1 fully saturated rings. The Hall–Kier alpha value is -3.53. The number of nitrogens with zero attached hydrogens (tertiary/aromatic N) is 5. The predicted octanol–water partition coefficient (Wildman–Crippen LogP) is 3.68. The monoisotopic (exact) mass is 481 g/mol. The summed E-state index contributed by atoms with van der Waals surface area (Å²) in [6.45, 7) is 3.09. The molecule has 0 atom stereocenters. The maximum atomic E-state index is 12.3. The SMILES string of the molecule is CNC(=O)c1cc(Cl)cc(-c2nc(-c3noc(=O)[nH]3)nc3ncn(C[C@H]4CC[C@H](C)CC4)c23)c1. The molecule has 5 rings (SSSR count). The van der Waals surface area contributed by atoms with Gasteiger partial charge in [0.05, 0.1) is 6.33 Å². The first-order valence-electron chi connectivity index (χ1n) is 11.2. The average Bonchev–Trinajstić information content (AvgIpc) is 3.45. The normalized spacial score (nSPS) is 18.3. The number of rotatable bonds is 5. The fraction of sp³-hybridized carbons (Fsp3) is 0.391. The van der Waals surface area contributed by atoms with E-state index in [1.54, 1.807) is 31.6 Å². The van der Waals surface area contributed by atoms with Gasteiger partial charge in [0.1, 0.15) is 11.2 Å². The van der Waals surface area contributed by atoms with E-state index in [9.17, 15) is 9.59 Å². The number of imidazole rings is 1. The van der Waals surface area contributed by atoms with Crippen LogP contribution in [0.3, 0.4) is 0 Å². The van der Waals surface area contributed by atoms with Gasteiger partial charge < -0.3 is 9.88 Å². The van der Waals surface area contributed by atoms with Gasteiger partial charge in [-0.25, -0.2) is 19.7 Å². The fourth-order valence-electron chi connectivity index (χ4n) is 4.54. The molecule has 34 heavy (non-hydrogen) atoms. The highest BCUT2D eigenvalue weighted by molar-refractivity contribution is 6.31. The maximum absolute atomic E-state index is 12.3. The summed E-state index contributed by atoms with van der Waals surface area (Å²) in [6.07, 6.45) is 6.52. The van der Waals surface area contributed by atoms with Crippen LogP contribution < -0.4 is 11.1 Å². The molecule has 3 aromatic heterocycles. The number of aromatic amines is 1. The molecule has 0 bridgehead atoms. The first-order chi connectivity index (χ1) is 16.4. The molecule has 1 amide bonds. The van der Waals surface area contributed by atoms with Crippen molar-refractivity contribution in [2.75, 3.05) is 7.05 Å². The zero-order valence-corrected chi connectivity index (χ0v) is 19.6. The Labute approximate surface area is 199 Å². The van der Waals surface area contributed by atoms with Crippen LogP contribution >= 0.6 is 11.6 Å². The van der Waals surface area contributed by atoms with Crippen LogP contribution in [0.25, 0.3) is 34.1 Å². The van der Waals surface area contributed by atoms with Crippen LogP contribution in [0.4, 0.5) is 0 Å². The smallest absolute Gasteiger partial charge is 0.355 e. The second kappa shape index (κ2) is 9.02. The van der Waals surface area contributed by atoms with E-state index >= 15 is 0 Å². The number of nitrogens with one attached hydrogen (secondary N) is 2. The molecule has 1 aromatic carbocycles. The van der Waals surface area contributed by atoms with Crippen LogP contribution in [0, 0.1) is 11.8 Å². The third-order valence-corrected chi connectivity index (χ3v) is 6.59. The maximum Gasteiger partial charge on any atom is 0.439 e. The Balaban J connectivity index is 1.67. The van der Waals surface area contributed by atoms with Crippen molar-refractivity contribution in [1.82, 2.24) is 35.0 Å². The van der Waals surface area contributed by atoms with Gasteiger partial charge in [0.25, 0.3) is 5.91 Å². The Morgan fingerprint density at radius 3 is 2.74 bits per heavy atom. The van der Waals surface area contributed by atoms with Crippen molar-refractivity contribution < 1.29 is 9.32 Å². The van der Waals surface area contributed by atoms with Crippen molar-refractivity contribution in [2.45, 2.75) is 39.2 Å². The third kappa shape index (κ3) is 4.33. The van der Waals surface area contributed by atoms with Gasteiger partial charge in [-0.1, -0.05) is 36.5 Å². The van der Waals surface area contributed by atoms with Gasteiger partial charge in [0, 0.05) is 29.7 Å². The van der Waals surface area contributed by atoms with Gasteiger partial charge in [0.15, 0.2) is 5.65 Å². The third-order valence-electron chi connectivity index (χ3n) is 6.38. The van der Waals surface area contributed by atoms with Gasteiger partial charge in [-0.15, -0.1) is 0 Å². The summed E-state index contributed by atoms with van der Waals surface area (Å²) < 4.78 is 6.70. The summed E-state index contributed by atoms with van der Waals surface area (Å²) in [5.41, 5.74) is 2.76. The molecule has 176 valence electrons. The van der Waals surface area contributed by atoms with Gasteiger partial charge in [0.2, 0.25) is 11.6 Å². The molecule has 11 heteroatoms. The summed E-state index contributed by atoms with van der Waals surface area (Å²) in [5.74, 6) is 0.580. The van der Waals surface area contributed by atoms with E-state index in [1.807, 2.05) is 0 Å². The predicted molar refractivity (Wildman–Crippen MR) is 126 cm³/mol. The van der Waals surface area contributed by atoms with Crippen molar-refractivity contribution in [1.29, 1.82) is 0 Å². The Morgan fingerprint density at radius 1 is 1.24 bits per heavy atom. The highest BCUT2D eigenvalue weighted by atomic mass is 35.5. The lowest BCUT2D eigenvalue weighted by atomic mass is 9.83. The van der Waals surface area contributed by atoms with Crippen molar-refractivity contribution in [2.24, 2.45) is 11.8 Å². The molecule has 3 heterocycles. The lowest BCUT2D eigenvalue weighted by molar-refractivity contribution is 0.0963. The number of benzene rings is 1. The molecule has 10 nitrogen and oxygen atoms in total. The number of fused-ring (bicyclic) bond motifs is 1. The molecule has 0 radical (unpaired) electrons. The molecule has 1 aliphatic rings. The van der Waals surface area contributed by atoms with Gasteiger partial charge >= 0.3 is 5.76 Å². The van der Waals surface area contributed by atoms with Crippen LogP contribution in [0.5, 0.6) is 0 Å². The number of aromatic nitrogens is 6. The summed E-state index contributed by atoms with van der Waals surface area (Å²) in [7, 11) is 1.56. The van der Waals surface area contributed by atoms with E-state index in [4.69, 9.17) is 16.6 Å². The van der Waals surface area contributed by atoms with E-state index in [0.29, 0.717) is 33.4 Å². The minimum atomic E-state index is -0.707. The molecule has 1 aliphatic carbocycles. The molecule has 0 aliphatic heterocycles. The lowest BCUT2D eigenvalue weighted by Crippen LogP contribution is -2.18. The van der Waals surface area contributed by atoms with E-state index in [1.165, 1.54) is 12.8 Å². The Morgan fingerprint density at radius 2 is 2.03 bits per heavy atom. The number of carbonyl (C=O) groups excluding carboxylic acids is 1. The molecule has 0 unspecified atom stereocenters. The van der Waals surface area contributed by atoms with Crippen molar-refractivity contribution in [3.8, 4) is 22.9 Å². The largest absolute Gasteiger partial charge is 0.439 e. The number of carbonyl (C=O) groups is 1. The van der Waals surface area contributed by atoms with Gasteiger partial charge in [-0.3, -0.25) is 14.3 Å². The van der Waals surface area contributed by atoms with E-state index in [0.717, 1.165) is 30.8 Å². The molecule has 0 spiro atoms. The first kappa shape index (κ1) is 22.3. The number of H-pyrrole nitrogens is 1. The van der Waals surface area contributed by atoms with Crippen LogP contribution in [-0.4, -0.2) is 42.6 Å². The van der Waals surface area contributed by atoms with Crippen molar-refractivity contribution >= 4 is 28.7 Å². The second-order valence-corrected chi connectivity index (χ2v) is 9.28. The van der Waals surface area contributed by atoms with Gasteiger partial charge in [-0.2, -0.15) is 0 Å². The highest BCUT2D eigenvalue weighted by Crippen LogP contribution is 2.33. The molecular weight excluding hydrogens is 458 g/mol. The summed E-state index contributed by atoms with van der Waals surface area (Å²) in [6, 6.07) is 5.06. The standard InChI is InChI=1S/C23H24ClN7O3/c1-12-3-5-13(6-4-12)10-31-11-26-19-18(31)17(27-20(28-19)21-29-23(33)34-30-21)14-7-15(22(32)25-2)9-16(24)8-14/h7-9,11-13H,3-6,10H2,1-2H3,(H,25,32)(H,29,30,33)/t12-,13-. The number of hydrogen-bond acceptors (Lipinski definition) is 7. The van der Waals surface area contributed by atoms with E-state index < -0.39 is 5.76 Å². The molecule has 2 N–H and O–H groups in total. The lowest BCUT2D eigenvalue weighted by Gasteiger charge is -2.26. The van der Waals surface area contributed by atoms with E-state index in [2.05, 4.69) is 41.4 Å². The average molecular weight is 482 g/mol. The molecule has 1 saturated carbocycles. The number of hydrogen-bond donors (Lipinski definition) is 2. The van der Waals surface area contributed by atoms with Crippen LogP contribution in [0.1, 0.15) is 43.0 Å². The Kier molecular flexibility index (Phi) is 5.91. The molecule has 4 aromatic rings. The van der Waals surface area contributed by atoms with Gasteiger partial charge in [-0.05, 0) is 42.9 Å². The molecular formula is C23H24ClN7O3. The first-order valence-corrected chi connectivity index (χ1v) is 11.6. The zero-order chi connectivity index (χ0) is 23.8. The quantitative estimate of drug-likeness (QED) is 0.444.